The lowest BCUT2D eigenvalue weighted by molar-refractivity contribution is 0.220. The molecular formula is C14H23N3O2S. The third kappa shape index (κ3) is 3.50. The topological polar surface area (TPSA) is 75.4 Å². The molecule has 0 amide bonds. The molecule has 0 radical (unpaired) electrons. The van der Waals surface area contributed by atoms with Gasteiger partial charge in [0.15, 0.2) is 0 Å². The van der Waals surface area contributed by atoms with E-state index in [0.29, 0.717) is 23.7 Å². The Kier molecular flexibility index (Phi) is 4.67. The Hall–Kier alpha value is -1.11. The molecule has 0 aromatic heterocycles. The number of sulfonamides is 1. The maximum absolute atomic E-state index is 12.3. The fraction of sp³-hybridized carbons (Fsp3) is 0.571. The van der Waals surface area contributed by atoms with Gasteiger partial charge in [-0.1, -0.05) is 6.07 Å². The van der Waals surface area contributed by atoms with Gasteiger partial charge in [-0.3, -0.25) is 0 Å². The number of nitrogens with zero attached hydrogens (tertiary/aromatic N) is 1. The van der Waals surface area contributed by atoms with Crippen LogP contribution in [0.15, 0.2) is 23.1 Å². The fourth-order valence-electron chi connectivity index (χ4n) is 2.49. The molecule has 1 aromatic carbocycles. The Balaban J connectivity index is 2.03. The first-order valence-corrected chi connectivity index (χ1v) is 8.42. The highest BCUT2D eigenvalue weighted by atomic mass is 32.2. The van der Waals surface area contributed by atoms with Crippen LogP contribution in [0.5, 0.6) is 0 Å². The molecule has 0 unspecified atom stereocenters. The Labute approximate surface area is 121 Å². The predicted octanol–water partition coefficient (Wildman–Crippen LogP) is 1.20. The van der Waals surface area contributed by atoms with Gasteiger partial charge in [-0.05, 0) is 63.5 Å². The Bertz CT molecular complexity index is 564. The Morgan fingerprint density at radius 3 is 2.65 bits per heavy atom. The van der Waals surface area contributed by atoms with Gasteiger partial charge in [0.2, 0.25) is 10.0 Å². The maximum atomic E-state index is 12.3. The first-order chi connectivity index (χ1) is 9.40. The summed E-state index contributed by atoms with van der Waals surface area (Å²) < 4.78 is 27.4. The first kappa shape index (κ1) is 15.3. The number of hydrogen-bond acceptors (Lipinski definition) is 4. The molecule has 1 saturated heterocycles. The van der Waals surface area contributed by atoms with E-state index in [1.807, 2.05) is 0 Å². The van der Waals surface area contributed by atoms with Gasteiger partial charge in [0.1, 0.15) is 0 Å². The molecule has 3 N–H and O–H groups in total. The van der Waals surface area contributed by atoms with Gasteiger partial charge in [-0.2, -0.15) is 0 Å². The molecule has 6 heteroatoms. The molecule has 1 heterocycles. The zero-order valence-electron chi connectivity index (χ0n) is 12.1. The lowest BCUT2D eigenvalue weighted by Gasteiger charge is -2.28. The number of anilines is 1. The maximum Gasteiger partial charge on any atom is 0.240 e. The number of nitrogen functional groups attached to an aromatic ring is 1. The molecule has 0 spiro atoms. The van der Waals surface area contributed by atoms with Gasteiger partial charge in [-0.15, -0.1) is 0 Å². The van der Waals surface area contributed by atoms with Gasteiger partial charge in [-0.25, -0.2) is 13.1 Å². The molecular weight excluding hydrogens is 274 g/mol. The van der Waals surface area contributed by atoms with Crippen molar-refractivity contribution in [2.75, 3.05) is 32.4 Å². The van der Waals surface area contributed by atoms with Crippen molar-refractivity contribution < 1.29 is 8.42 Å². The van der Waals surface area contributed by atoms with Crippen molar-refractivity contribution in [3.8, 4) is 0 Å². The molecule has 0 saturated carbocycles. The van der Waals surface area contributed by atoms with E-state index in [-0.39, 0.29) is 4.90 Å². The summed E-state index contributed by atoms with van der Waals surface area (Å²) in [6.45, 7) is 4.30. The minimum Gasteiger partial charge on any atom is -0.398 e. The van der Waals surface area contributed by atoms with E-state index in [9.17, 15) is 8.42 Å². The van der Waals surface area contributed by atoms with Crippen molar-refractivity contribution >= 4 is 15.7 Å². The van der Waals surface area contributed by atoms with Gasteiger partial charge < -0.3 is 10.6 Å². The van der Waals surface area contributed by atoms with Gasteiger partial charge in [0.05, 0.1) is 4.90 Å². The van der Waals surface area contributed by atoms with Crippen LogP contribution < -0.4 is 10.5 Å². The van der Waals surface area contributed by atoms with Gasteiger partial charge >= 0.3 is 0 Å². The molecule has 0 aliphatic carbocycles. The van der Waals surface area contributed by atoms with Crippen LogP contribution in [0, 0.1) is 12.8 Å². The average molecular weight is 297 g/mol. The summed E-state index contributed by atoms with van der Waals surface area (Å²) in [6.07, 6.45) is 2.07. The standard InChI is InChI=1S/C14H23N3O2S/c1-11-13(15)4-3-5-14(11)20(18,19)16-10-12-6-8-17(2)9-7-12/h3-5,12,16H,6-10,15H2,1-2H3. The van der Waals surface area contributed by atoms with E-state index in [4.69, 9.17) is 5.73 Å². The van der Waals surface area contributed by atoms with Crippen molar-refractivity contribution in [1.29, 1.82) is 0 Å². The summed E-state index contributed by atoms with van der Waals surface area (Å²) in [5.74, 6) is 0.419. The van der Waals surface area contributed by atoms with E-state index in [1.165, 1.54) is 0 Å². The predicted molar refractivity (Wildman–Crippen MR) is 81.0 cm³/mol. The SMILES string of the molecule is Cc1c(N)cccc1S(=O)(=O)NCC1CCN(C)CC1. The number of nitrogens with one attached hydrogen (secondary N) is 1. The molecule has 1 aliphatic heterocycles. The van der Waals surface area contributed by atoms with Crippen LogP contribution in [0.2, 0.25) is 0 Å². The summed E-state index contributed by atoms with van der Waals surface area (Å²) in [5.41, 5.74) is 6.89. The van der Waals surface area contributed by atoms with Crippen molar-refractivity contribution in [3.05, 3.63) is 23.8 Å². The number of likely N-dealkylation sites (tertiary alicyclic amines) is 1. The molecule has 2 rings (SSSR count). The number of benzene rings is 1. The molecule has 5 nitrogen and oxygen atoms in total. The highest BCUT2D eigenvalue weighted by Crippen LogP contribution is 2.21. The normalized spacial score (nSPS) is 18.3. The van der Waals surface area contributed by atoms with Crippen LogP contribution in [-0.2, 0) is 10.0 Å². The number of piperidine rings is 1. The Morgan fingerprint density at radius 1 is 1.35 bits per heavy atom. The fourth-order valence-corrected chi connectivity index (χ4v) is 3.88. The molecule has 0 bridgehead atoms. The number of nitrogens with two attached hydrogens (primary N) is 1. The monoisotopic (exact) mass is 297 g/mol. The highest BCUT2D eigenvalue weighted by molar-refractivity contribution is 7.89. The number of rotatable bonds is 4. The minimum atomic E-state index is -3.47. The zero-order chi connectivity index (χ0) is 14.8. The first-order valence-electron chi connectivity index (χ1n) is 6.93. The van der Waals surface area contributed by atoms with Crippen molar-refractivity contribution in [3.63, 3.8) is 0 Å². The highest BCUT2D eigenvalue weighted by Gasteiger charge is 2.21. The molecule has 112 valence electrons. The second-order valence-electron chi connectivity index (χ2n) is 5.57. The third-order valence-corrected chi connectivity index (χ3v) is 5.58. The second-order valence-corrected chi connectivity index (χ2v) is 7.30. The van der Waals surface area contributed by atoms with Crippen molar-refractivity contribution in [2.24, 2.45) is 5.92 Å². The van der Waals surface area contributed by atoms with E-state index < -0.39 is 10.0 Å². The lowest BCUT2D eigenvalue weighted by atomic mass is 9.98. The average Bonchev–Trinajstić information content (AvgIpc) is 2.41. The summed E-state index contributed by atoms with van der Waals surface area (Å²) in [4.78, 5) is 2.55. The largest absolute Gasteiger partial charge is 0.398 e. The van der Waals surface area contributed by atoms with Crippen LogP contribution in [0.4, 0.5) is 5.69 Å². The zero-order valence-corrected chi connectivity index (χ0v) is 12.9. The van der Waals surface area contributed by atoms with E-state index in [1.54, 1.807) is 25.1 Å². The summed E-state index contributed by atoms with van der Waals surface area (Å²) in [5, 5.41) is 0. The molecule has 20 heavy (non-hydrogen) atoms. The Morgan fingerprint density at radius 2 is 2.00 bits per heavy atom. The van der Waals surface area contributed by atoms with Crippen LogP contribution >= 0.6 is 0 Å². The van der Waals surface area contributed by atoms with Crippen LogP contribution in [0.3, 0.4) is 0 Å². The van der Waals surface area contributed by atoms with E-state index in [0.717, 1.165) is 25.9 Å². The van der Waals surface area contributed by atoms with E-state index in [2.05, 4.69) is 16.7 Å². The number of hydrogen-bond donors (Lipinski definition) is 2. The smallest absolute Gasteiger partial charge is 0.240 e. The molecule has 1 aromatic rings. The van der Waals surface area contributed by atoms with E-state index >= 15 is 0 Å². The summed E-state index contributed by atoms with van der Waals surface area (Å²) in [7, 11) is -1.38. The van der Waals surface area contributed by atoms with Crippen molar-refractivity contribution in [1.82, 2.24) is 9.62 Å². The minimum absolute atomic E-state index is 0.283. The summed E-state index contributed by atoms with van der Waals surface area (Å²) in [6, 6.07) is 4.99. The quantitative estimate of drug-likeness (QED) is 0.819. The lowest BCUT2D eigenvalue weighted by Crippen LogP contribution is -2.37. The second kappa shape index (κ2) is 6.11. The summed E-state index contributed by atoms with van der Waals surface area (Å²) >= 11 is 0. The van der Waals surface area contributed by atoms with Crippen LogP contribution in [0.25, 0.3) is 0 Å². The van der Waals surface area contributed by atoms with Crippen molar-refractivity contribution in [2.45, 2.75) is 24.7 Å². The molecule has 1 fully saturated rings. The van der Waals surface area contributed by atoms with Crippen LogP contribution in [0.1, 0.15) is 18.4 Å². The molecule has 1 aliphatic rings. The van der Waals surface area contributed by atoms with Crippen LogP contribution in [-0.4, -0.2) is 40.0 Å². The van der Waals surface area contributed by atoms with Gasteiger partial charge in [0, 0.05) is 12.2 Å². The third-order valence-electron chi connectivity index (χ3n) is 4.02. The van der Waals surface area contributed by atoms with Gasteiger partial charge in [0.25, 0.3) is 0 Å². The molecule has 0 atom stereocenters.